The number of piperidine rings is 1. The predicted octanol–water partition coefficient (Wildman–Crippen LogP) is 2.13. The molecular weight excluding hydrogens is 326 g/mol. The van der Waals surface area contributed by atoms with Gasteiger partial charge in [0.05, 0.1) is 13.2 Å². The highest BCUT2D eigenvalue weighted by Gasteiger charge is 2.35. The molecule has 26 heavy (non-hydrogen) atoms. The van der Waals surface area contributed by atoms with E-state index in [0.29, 0.717) is 13.1 Å². The van der Waals surface area contributed by atoms with Gasteiger partial charge in [0.25, 0.3) is 0 Å². The van der Waals surface area contributed by atoms with Gasteiger partial charge in [0, 0.05) is 50.4 Å². The van der Waals surface area contributed by atoms with E-state index in [-0.39, 0.29) is 17.9 Å². The Morgan fingerprint density at radius 1 is 1.19 bits per heavy atom. The second kappa shape index (κ2) is 8.40. The molecule has 0 saturated carbocycles. The van der Waals surface area contributed by atoms with Crippen LogP contribution in [-0.2, 0) is 4.79 Å². The van der Waals surface area contributed by atoms with Crippen molar-refractivity contribution in [2.24, 2.45) is 5.41 Å². The fourth-order valence-corrected chi connectivity index (χ4v) is 4.23. The third kappa shape index (κ3) is 4.38. The van der Waals surface area contributed by atoms with Crippen molar-refractivity contribution in [2.45, 2.75) is 33.1 Å². The molecule has 1 atom stereocenters. The zero-order chi connectivity index (χ0) is 18.6. The first kappa shape index (κ1) is 19.2. The topological polar surface area (TPSA) is 47.0 Å². The smallest absolute Gasteiger partial charge is 0.236 e. The molecular formula is C21H33N3O2. The number of aliphatic hydroxyl groups is 1. The standard InChI is InChI=1S/C21H33N3O2/c1-3-21(17-25)8-5-9-24(16-21)20(26)15-22-10-12-23(13-11-22)19-7-4-6-18(2)14-19/h4,6-7,14,25H,3,5,8-13,15-17H2,1-2H3. The van der Waals surface area contributed by atoms with Gasteiger partial charge in [-0.15, -0.1) is 0 Å². The molecule has 2 fully saturated rings. The molecule has 1 unspecified atom stereocenters. The molecule has 1 aromatic carbocycles. The van der Waals surface area contributed by atoms with Crippen molar-refractivity contribution in [3.05, 3.63) is 29.8 Å². The molecule has 2 aliphatic heterocycles. The van der Waals surface area contributed by atoms with E-state index in [4.69, 9.17) is 0 Å². The predicted molar refractivity (Wildman–Crippen MR) is 105 cm³/mol. The van der Waals surface area contributed by atoms with E-state index < -0.39 is 0 Å². The van der Waals surface area contributed by atoms with Gasteiger partial charge in [-0.2, -0.15) is 0 Å². The van der Waals surface area contributed by atoms with E-state index in [9.17, 15) is 9.90 Å². The molecule has 3 rings (SSSR count). The van der Waals surface area contributed by atoms with Gasteiger partial charge in [0.15, 0.2) is 0 Å². The van der Waals surface area contributed by atoms with Crippen molar-refractivity contribution in [1.29, 1.82) is 0 Å². The van der Waals surface area contributed by atoms with Crippen LogP contribution in [0.5, 0.6) is 0 Å². The van der Waals surface area contributed by atoms with Crippen molar-refractivity contribution in [3.8, 4) is 0 Å². The highest BCUT2D eigenvalue weighted by molar-refractivity contribution is 5.78. The lowest BCUT2D eigenvalue weighted by molar-refractivity contribution is -0.137. The fraction of sp³-hybridized carbons (Fsp3) is 0.667. The van der Waals surface area contributed by atoms with Crippen molar-refractivity contribution < 1.29 is 9.90 Å². The number of carbonyl (C=O) groups is 1. The van der Waals surface area contributed by atoms with E-state index in [1.54, 1.807) is 0 Å². The van der Waals surface area contributed by atoms with Crippen LogP contribution in [0, 0.1) is 12.3 Å². The molecule has 1 amide bonds. The number of hydrogen-bond donors (Lipinski definition) is 1. The van der Waals surface area contributed by atoms with Gasteiger partial charge < -0.3 is 14.9 Å². The van der Waals surface area contributed by atoms with Gasteiger partial charge >= 0.3 is 0 Å². The summed E-state index contributed by atoms with van der Waals surface area (Å²) in [5.41, 5.74) is 2.48. The van der Waals surface area contributed by atoms with Crippen LogP contribution >= 0.6 is 0 Å². The number of benzene rings is 1. The van der Waals surface area contributed by atoms with E-state index in [1.165, 1.54) is 11.3 Å². The van der Waals surface area contributed by atoms with E-state index in [1.807, 2.05) is 4.90 Å². The second-order valence-electron chi connectivity index (χ2n) is 8.03. The average molecular weight is 360 g/mol. The molecule has 2 saturated heterocycles. The fourth-order valence-electron chi connectivity index (χ4n) is 4.23. The van der Waals surface area contributed by atoms with Gasteiger partial charge in [-0.25, -0.2) is 0 Å². The second-order valence-corrected chi connectivity index (χ2v) is 8.03. The number of carbonyl (C=O) groups excluding carboxylic acids is 1. The number of amides is 1. The molecule has 1 aromatic rings. The lowest BCUT2D eigenvalue weighted by Gasteiger charge is -2.42. The van der Waals surface area contributed by atoms with Crippen LogP contribution in [0.1, 0.15) is 31.7 Å². The van der Waals surface area contributed by atoms with Crippen LogP contribution in [0.25, 0.3) is 0 Å². The van der Waals surface area contributed by atoms with E-state index >= 15 is 0 Å². The van der Waals surface area contributed by atoms with Gasteiger partial charge in [-0.05, 0) is 43.9 Å². The minimum atomic E-state index is -0.0855. The average Bonchev–Trinajstić information content (AvgIpc) is 2.68. The number of aliphatic hydroxyl groups excluding tert-OH is 1. The maximum Gasteiger partial charge on any atom is 0.236 e. The Labute approximate surface area is 157 Å². The summed E-state index contributed by atoms with van der Waals surface area (Å²) in [6.07, 6.45) is 2.96. The molecule has 5 heteroatoms. The van der Waals surface area contributed by atoms with Crippen molar-refractivity contribution in [2.75, 3.05) is 57.3 Å². The number of anilines is 1. The van der Waals surface area contributed by atoms with Gasteiger partial charge in [-0.3, -0.25) is 9.69 Å². The summed E-state index contributed by atoms with van der Waals surface area (Å²) >= 11 is 0. The molecule has 144 valence electrons. The van der Waals surface area contributed by atoms with Crippen LogP contribution in [0.2, 0.25) is 0 Å². The summed E-state index contributed by atoms with van der Waals surface area (Å²) in [5.74, 6) is 0.222. The molecule has 0 bridgehead atoms. The summed E-state index contributed by atoms with van der Waals surface area (Å²) in [4.78, 5) is 19.4. The summed E-state index contributed by atoms with van der Waals surface area (Å²) in [7, 11) is 0. The molecule has 2 heterocycles. The SMILES string of the molecule is CCC1(CO)CCCN(C(=O)CN2CCN(c3cccc(C)c3)CC2)C1. The largest absolute Gasteiger partial charge is 0.396 e. The van der Waals surface area contributed by atoms with Crippen molar-refractivity contribution in [1.82, 2.24) is 9.80 Å². The van der Waals surface area contributed by atoms with Crippen LogP contribution in [-0.4, -0.2) is 73.2 Å². The third-order valence-electron chi connectivity index (χ3n) is 6.20. The van der Waals surface area contributed by atoms with Crippen molar-refractivity contribution >= 4 is 11.6 Å². The highest BCUT2D eigenvalue weighted by Crippen LogP contribution is 2.32. The lowest BCUT2D eigenvalue weighted by Crippen LogP contribution is -2.53. The Hall–Kier alpha value is -1.59. The Bertz CT molecular complexity index is 607. The molecule has 0 aliphatic carbocycles. The number of rotatable bonds is 5. The number of nitrogens with zero attached hydrogens (tertiary/aromatic N) is 3. The van der Waals surface area contributed by atoms with Gasteiger partial charge in [-0.1, -0.05) is 19.1 Å². The highest BCUT2D eigenvalue weighted by atomic mass is 16.3. The maximum atomic E-state index is 12.8. The van der Waals surface area contributed by atoms with Gasteiger partial charge in [0.2, 0.25) is 5.91 Å². The quantitative estimate of drug-likeness (QED) is 0.875. The number of likely N-dealkylation sites (tertiary alicyclic amines) is 1. The summed E-state index contributed by atoms with van der Waals surface area (Å²) in [5, 5.41) is 9.77. The number of aryl methyl sites for hydroxylation is 1. The van der Waals surface area contributed by atoms with Crippen LogP contribution in [0.15, 0.2) is 24.3 Å². The maximum absolute atomic E-state index is 12.8. The molecule has 5 nitrogen and oxygen atoms in total. The minimum absolute atomic E-state index is 0.0855. The lowest BCUT2D eigenvalue weighted by atomic mass is 9.78. The zero-order valence-electron chi connectivity index (χ0n) is 16.3. The summed E-state index contributed by atoms with van der Waals surface area (Å²) < 4.78 is 0. The Balaban J connectivity index is 1.50. The summed E-state index contributed by atoms with van der Waals surface area (Å²) in [6, 6.07) is 8.63. The molecule has 1 N–H and O–H groups in total. The monoisotopic (exact) mass is 359 g/mol. The van der Waals surface area contributed by atoms with Gasteiger partial charge in [0.1, 0.15) is 0 Å². The molecule has 0 radical (unpaired) electrons. The van der Waals surface area contributed by atoms with E-state index in [2.05, 4.69) is 47.9 Å². The molecule has 0 spiro atoms. The van der Waals surface area contributed by atoms with Crippen LogP contribution in [0.3, 0.4) is 0 Å². The normalized spacial score (nSPS) is 24.7. The Kier molecular flexibility index (Phi) is 6.20. The number of piperazine rings is 1. The van der Waals surface area contributed by atoms with Crippen LogP contribution < -0.4 is 4.90 Å². The Morgan fingerprint density at radius 3 is 2.62 bits per heavy atom. The minimum Gasteiger partial charge on any atom is -0.396 e. The molecule has 0 aromatic heterocycles. The zero-order valence-corrected chi connectivity index (χ0v) is 16.3. The first-order valence-electron chi connectivity index (χ1n) is 9.98. The first-order valence-corrected chi connectivity index (χ1v) is 9.98. The van der Waals surface area contributed by atoms with E-state index in [0.717, 1.165) is 52.0 Å². The molecule has 2 aliphatic rings. The summed E-state index contributed by atoms with van der Waals surface area (Å²) in [6.45, 7) is 10.3. The first-order chi connectivity index (χ1) is 12.5. The van der Waals surface area contributed by atoms with Crippen LogP contribution in [0.4, 0.5) is 5.69 Å². The third-order valence-corrected chi connectivity index (χ3v) is 6.20. The number of hydrogen-bond acceptors (Lipinski definition) is 4. The Morgan fingerprint density at radius 2 is 1.96 bits per heavy atom. The van der Waals surface area contributed by atoms with Crippen molar-refractivity contribution in [3.63, 3.8) is 0 Å².